The Hall–Kier alpha value is -1.64. The third-order valence-electron chi connectivity index (χ3n) is 4.52. The Morgan fingerprint density at radius 1 is 1.00 bits per heavy atom. The van der Waals surface area contributed by atoms with Crippen molar-refractivity contribution >= 4 is 0 Å². The van der Waals surface area contributed by atoms with Crippen LogP contribution in [0.15, 0.2) is 54.6 Å². The van der Waals surface area contributed by atoms with Crippen LogP contribution in [0.4, 0.5) is 0 Å². The average Bonchev–Trinajstić information content (AvgIpc) is 3.07. The van der Waals surface area contributed by atoms with Gasteiger partial charge in [0.2, 0.25) is 0 Å². The number of likely N-dealkylation sites (tertiary alicyclic amines) is 1. The number of aryl methyl sites for hydroxylation is 1. The van der Waals surface area contributed by atoms with E-state index in [2.05, 4.69) is 71.7 Å². The lowest BCUT2D eigenvalue weighted by Crippen LogP contribution is -2.34. The van der Waals surface area contributed by atoms with E-state index < -0.39 is 0 Å². The number of benzene rings is 2. The Balaban J connectivity index is 1.63. The smallest absolute Gasteiger partial charge is 0.0472 e. The van der Waals surface area contributed by atoms with Crippen LogP contribution in [0.3, 0.4) is 0 Å². The molecule has 0 amide bonds. The predicted octanol–water partition coefficient (Wildman–Crippen LogP) is 3.92. The maximum Gasteiger partial charge on any atom is 0.0472 e. The standard InChI is InChI=1S/C20H26N2/c1-17-8-7-9-18(14-17)15-21-16-20(22-12-5-6-13-22)19-10-3-2-4-11-19/h2-4,7-11,14,20-21H,5-6,12-13,15-16H2,1H3. The Bertz CT molecular complexity index is 573. The summed E-state index contributed by atoms with van der Waals surface area (Å²) < 4.78 is 0. The van der Waals surface area contributed by atoms with Gasteiger partial charge in [0.1, 0.15) is 0 Å². The zero-order chi connectivity index (χ0) is 15.2. The summed E-state index contributed by atoms with van der Waals surface area (Å²) in [5.41, 5.74) is 4.13. The van der Waals surface area contributed by atoms with E-state index in [9.17, 15) is 0 Å². The second kappa shape index (κ2) is 7.57. The van der Waals surface area contributed by atoms with Gasteiger partial charge in [-0.15, -0.1) is 0 Å². The SMILES string of the molecule is Cc1cccc(CNCC(c2ccccc2)N2CCCC2)c1. The Morgan fingerprint density at radius 2 is 1.77 bits per heavy atom. The predicted molar refractivity (Wildman–Crippen MR) is 92.9 cm³/mol. The first-order valence-corrected chi connectivity index (χ1v) is 8.38. The minimum atomic E-state index is 0.494. The van der Waals surface area contributed by atoms with Gasteiger partial charge in [-0.1, -0.05) is 60.2 Å². The number of nitrogens with one attached hydrogen (secondary N) is 1. The minimum absolute atomic E-state index is 0.494. The first kappa shape index (κ1) is 15.3. The molecule has 1 saturated heterocycles. The van der Waals surface area contributed by atoms with Gasteiger partial charge < -0.3 is 5.32 Å². The largest absolute Gasteiger partial charge is 0.311 e. The fourth-order valence-electron chi connectivity index (χ4n) is 3.36. The fourth-order valence-corrected chi connectivity index (χ4v) is 3.36. The summed E-state index contributed by atoms with van der Waals surface area (Å²) in [6.07, 6.45) is 2.67. The fraction of sp³-hybridized carbons (Fsp3) is 0.400. The number of hydrogen-bond donors (Lipinski definition) is 1. The monoisotopic (exact) mass is 294 g/mol. The van der Waals surface area contributed by atoms with Gasteiger partial charge >= 0.3 is 0 Å². The van der Waals surface area contributed by atoms with Crippen LogP contribution in [0.1, 0.15) is 35.6 Å². The molecule has 2 heteroatoms. The van der Waals surface area contributed by atoms with Crippen LogP contribution < -0.4 is 5.32 Å². The van der Waals surface area contributed by atoms with E-state index in [0.29, 0.717) is 6.04 Å². The van der Waals surface area contributed by atoms with Gasteiger partial charge in [0.05, 0.1) is 0 Å². The number of hydrogen-bond acceptors (Lipinski definition) is 2. The summed E-state index contributed by atoms with van der Waals surface area (Å²) in [5.74, 6) is 0. The lowest BCUT2D eigenvalue weighted by atomic mass is 10.1. The topological polar surface area (TPSA) is 15.3 Å². The molecule has 1 fully saturated rings. The van der Waals surface area contributed by atoms with Crippen LogP contribution in [-0.2, 0) is 6.54 Å². The van der Waals surface area contributed by atoms with Gasteiger partial charge in [-0.25, -0.2) is 0 Å². The first-order chi connectivity index (χ1) is 10.8. The summed E-state index contributed by atoms with van der Waals surface area (Å²) in [6.45, 7) is 6.56. The lowest BCUT2D eigenvalue weighted by Gasteiger charge is -2.28. The molecule has 1 unspecified atom stereocenters. The van der Waals surface area contributed by atoms with Gasteiger partial charge in [-0.3, -0.25) is 4.90 Å². The molecule has 0 bridgehead atoms. The summed E-state index contributed by atoms with van der Waals surface area (Å²) in [4.78, 5) is 2.62. The highest BCUT2D eigenvalue weighted by Gasteiger charge is 2.22. The quantitative estimate of drug-likeness (QED) is 0.868. The molecule has 1 aliphatic heterocycles. The molecule has 116 valence electrons. The molecule has 0 aromatic heterocycles. The van der Waals surface area contributed by atoms with Crippen molar-refractivity contribution in [2.45, 2.75) is 32.4 Å². The van der Waals surface area contributed by atoms with Crippen LogP contribution in [0, 0.1) is 6.92 Å². The minimum Gasteiger partial charge on any atom is -0.311 e. The molecule has 0 aliphatic carbocycles. The van der Waals surface area contributed by atoms with Crippen molar-refractivity contribution in [3.8, 4) is 0 Å². The van der Waals surface area contributed by atoms with Crippen LogP contribution in [-0.4, -0.2) is 24.5 Å². The van der Waals surface area contributed by atoms with E-state index in [1.54, 1.807) is 0 Å². The summed E-state index contributed by atoms with van der Waals surface area (Å²) in [6, 6.07) is 20.2. The molecule has 1 N–H and O–H groups in total. The molecule has 2 nitrogen and oxygen atoms in total. The highest BCUT2D eigenvalue weighted by atomic mass is 15.2. The van der Waals surface area contributed by atoms with Gasteiger partial charge in [-0.05, 0) is 44.0 Å². The molecule has 0 radical (unpaired) electrons. The average molecular weight is 294 g/mol. The molecule has 1 aliphatic rings. The van der Waals surface area contributed by atoms with Crippen molar-refractivity contribution in [2.75, 3.05) is 19.6 Å². The van der Waals surface area contributed by atoms with Crippen molar-refractivity contribution in [3.05, 3.63) is 71.3 Å². The zero-order valence-corrected chi connectivity index (χ0v) is 13.5. The van der Waals surface area contributed by atoms with E-state index in [1.165, 1.54) is 42.6 Å². The first-order valence-electron chi connectivity index (χ1n) is 8.38. The molecule has 2 aromatic rings. The van der Waals surface area contributed by atoms with Gasteiger partial charge in [-0.2, -0.15) is 0 Å². The lowest BCUT2D eigenvalue weighted by molar-refractivity contribution is 0.238. The molecular formula is C20H26N2. The van der Waals surface area contributed by atoms with Crippen molar-refractivity contribution in [3.63, 3.8) is 0 Å². The molecule has 3 rings (SSSR count). The maximum atomic E-state index is 3.66. The number of nitrogens with zero attached hydrogens (tertiary/aromatic N) is 1. The normalized spacial score (nSPS) is 16.8. The van der Waals surface area contributed by atoms with E-state index >= 15 is 0 Å². The molecule has 1 atom stereocenters. The van der Waals surface area contributed by atoms with E-state index in [4.69, 9.17) is 0 Å². The summed E-state index contributed by atoms with van der Waals surface area (Å²) >= 11 is 0. The van der Waals surface area contributed by atoms with E-state index in [1.807, 2.05) is 0 Å². The summed E-state index contributed by atoms with van der Waals surface area (Å²) in [5, 5.41) is 3.66. The van der Waals surface area contributed by atoms with Crippen molar-refractivity contribution < 1.29 is 0 Å². The Kier molecular flexibility index (Phi) is 5.25. The van der Waals surface area contributed by atoms with Crippen molar-refractivity contribution in [2.24, 2.45) is 0 Å². The van der Waals surface area contributed by atoms with Crippen LogP contribution in [0.2, 0.25) is 0 Å². The molecule has 22 heavy (non-hydrogen) atoms. The van der Waals surface area contributed by atoms with Crippen molar-refractivity contribution in [1.29, 1.82) is 0 Å². The van der Waals surface area contributed by atoms with Crippen LogP contribution in [0.25, 0.3) is 0 Å². The number of rotatable bonds is 6. The van der Waals surface area contributed by atoms with Gasteiger partial charge in [0.15, 0.2) is 0 Å². The van der Waals surface area contributed by atoms with Crippen LogP contribution >= 0.6 is 0 Å². The highest BCUT2D eigenvalue weighted by Crippen LogP contribution is 2.24. The Labute approximate surface area is 134 Å². The molecule has 1 heterocycles. The molecule has 0 saturated carbocycles. The van der Waals surface area contributed by atoms with Gasteiger partial charge in [0, 0.05) is 19.1 Å². The molecular weight excluding hydrogens is 268 g/mol. The van der Waals surface area contributed by atoms with Gasteiger partial charge in [0.25, 0.3) is 0 Å². The molecule has 0 spiro atoms. The summed E-state index contributed by atoms with van der Waals surface area (Å²) in [7, 11) is 0. The highest BCUT2D eigenvalue weighted by molar-refractivity contribution is 5.22. The second-order valence-electron chi connectivity index (χ2n) is 6.29. The Morgan fingerprint density at radius 3 is 2.50 bits per heavy atom. The second-order valence-corrected chi connectivity index (χ2v) is 6.29. The van der Waals surface area contributed by atoms with Crippen molar-refractivity contribution in [1.82, 2.24) is 10.2 Å². The van der Waals surface area contributed by atoms with Crippen LogP contribution in [0.5, 0.6) is 0 Å². The van der Waals surface area contributed by atoms with E-state index in [0.717, 1.165) is 13.1 Å². The molecule has 2 aromatic carbocycles. The maximum absolute atomic E-state index is 3.66. The third-order valence-corrected chi connectivity index (χ3v) is 4.52. The van der Waals surface area contributed by atoms with E-state index in [-0.39, 0.29) is 0 Å². The zero-order valence-electron chi connectivity index (χ0n) is 13.5. The third kappa shape index (κ3) is 3.96.